The average molecular weight is 328 g/mol. The lowest BCUT2D eigenvalue weighted by Crippen LogP contribution is -2.40. The molecule has 0 unspecified atom stereocenters. The number of benzene rings is 1. The third kappa shape index (κ3) is 2.76. The second-order valence-electron chi connectivity index (χ2n) is 5.38. The monoisotopic (exact) mass is 328 g/mol. The van der Waals surface area contributed by atoms with Gasteiger partial charge in [0, 0.05) is 20.5 Å². The van der Waals surface area contributed by atoms with Crippen molar-refractivity contribution in [2.45, 2.75) is 6.42 Å². The summed E-state index contributed by atoms with van der Waals surface area (Å²) in [5.41, 5.74) is -0.496. The van der Waals surface area contributed by atoms with Crippen LogP contribution in [0.2, 0.25) is 0 Å². The van der Waals surface area contributed by atoms with E-state index in [2.05, 4.69) is 0 Å². The molecule has 3 heterocycles. The predicted molar refractivity (Wildman–Crippen MR) is 86.7 cm³/mol. The van der Waals surface area contributed by atoms with E-state index in [9.17, 15) is 14.4 Å². The van der Waals surface area contributed by atoms with Gasteiger partial charge in [0.05, 0.1) is 11.3 Å². The molecule has 0 amide bonds. The van der Waals surface area contributed by atoms with Crippen LogP contribution in [0.25, 0.3) is 0 Å². The van der Waals surface area contributed by atoms with E-state index in [0.29, 0.717) is 18.1 Å². The van der Waals surface area contributed by atoms with Gasteiger partial charge in [0.1, 0.15) is 12.4 Å². The Bertz CT molecular complexity index is 935. The number of carbonyl (C=O) groups is 1. The summed E-state index contributed by atoms with van der Waals surface area (Å²) in [6, 6.07) is 6.43. The maximum absolute atomic E-state index is 12.4. The smallest absolute Gasteiger partial charge is 0.343 e. The largest absolute Gasteiger partial charge is 0.490 e. The van der Waals surface area contributed by atoms with Crippen LogP contribution in [-0.2, 0) is 20.5 Å². The summed E-state index contributed by atoms with van der Waals surface area (Å²) in [5, 5.41) is 0. The van der Waals surface area contributed by atoms with Gasteiger partial charge in [0.25, 0.3) is 5.56 Å². The van der Waals surface area contributed by atoms with Crippen molar-refractivity contribution in [2.75, 3.05) is 6.61 Å². The van der Waals surface area contributed by atoms with Gasteiger partial charge in [-0.2, -0.15) is 0 Å². The Kier molecular flexibility index (Phi) is 4.07. The molecule has 7 heteroatoms. The van der Waals surface area contributed by atoms with Crippen molar-refractivity contribution in [1.29, 1.82) is 0 Å². The zero-order valence-electron chi connectivity index (χ0n) is 13.3. The molecule has 0 fully saturated rings. The molecule has 0 saturated carbocycles. The number of aromatic nitrogens is 2. The summed E-state index contributed by atoms with van der Waals surface area (Å²) >= 11 is 0. The summed E-state index contributed by atoms with van der Waals surface area (Å²) in [5.74, 6) is -0.184. The van der Waals surface area contributed by atoms with Crippen LogP contribution in [-0.4, -0.2) is 21.7 Å². The number of hydrogen-bond donors (Lipinski definition) is 0. The van der Waals surface area contributed by atoms with Crippen molar-refractivity contribution in [3.63, 3.8) is 0 Å². The number of hydrogen-bond acceptors (Lipinski definition) is 5. The van der Waals surface area contributed by atoms with Gasteiger partial charge in [-0.3, -0.25) is 13.9 Å². The molecule has 1 aromatic heterocycles. The zero-order valence-corrected chi connectivity index (χ0v) is 13.3. The molecule has 24 heavy (non-hydrogen) atoms. The highest BCUT2D eigenvalue weighted by molar-refractivity contribution is 5.91. The summed E-state index contributed by atoms with van der Waals surface area (Å²) in [4.78, 5) is 36.8. The standard InChI is InChI=1S/C17H16N2O5/c1-18-13-5-3-4-10-23-12-8-6-11(7-9-12)16(21)24-14(13)15(20)19(2)17(18)22/h3-4,6-9H,5,10H2,1-2H3/b4-3-. The highest BCUT2D eigenvalue weighted by Gasteiger charge is 2.20. The van der Waals surface area contributed by atoms with E-state index in [1.54, 1.807) is 36.4 Å². The van der Waals surface area contributed by atoms with Gasteiger partial charge in [-0.25, -0.2) is 9.59 Å². The third-order valence-electron chi connectivity index (χ3n) is 3.85. The molecule has 7 nitrogen and oxygen atoms in total. The van der Waals surface area contributed by atoms with Crippen molar-refractivity contribution in [3.05, 3.63) is 68.5 Å². The van der Waals surface area contributed by atoms with Gasteiger partial charge in [0.2, 0.25) is 5.75 Å². The summed E-state index contributed by atoms with van der Waals surface area (Å²) < 4.78 is 13.1. The molecule has 0 saturated heterocycles. The Labute approximate surface area is 137 Å². The molecule has 2 bridgehead atoms. The minimum atomic E-state index is -0.665. The van der Waals surface area contributed by atoms with Crippen molar-refractivity contribution in [1.82, 2.24) is 9.13 Å². The molecular weight excluding hydrogens is 312 g/mol. The van der Waals surface area contributed by atoms with Crippen LogP contribution in [0.5, 0.6) is 11.5 Å². The lowest BCUT2D eigenvalue weighted by Gasteiger charge is -2.13. The van der Waals surface area contributed by atoms with Gasteiger partial charge in [0.15, 0.2) is 0 Å². The van der Waals surface area contributed by atoms with Crippen LogP contribution in [0.15, 0.2) is 46.0 Å². The number of ether oxygens (including phenoxy) is 2. The Morgan fingerprint density at radius 1 is 0.958 bits per heavy atom. The summed E-state index contributed by atoms with van der Waals surface area (Å²) in [6.07, 6.45) is 3.80. The van der Waals surface area contributed by atoms with E-state index < -0.39 is 17.2 Å². The predicted octanol–water partition coefficient (Wildman–Crippen LogP) is 0.794. The maximum atomic E-state index is 12.4. The number of allylic oxidation sites excluding steroid dienone is 1. The number of nitrogens with zero attached hydrogens (tertiary/aromatic N) is 2. The van der Waals surface area contributed by atoms with Crippen molar-refractivity contribution in [3.8, 4) is 11.5 Å². The Morgan fingerprint density at radius 3 is 2.38 bits per heavy atom. The first-order valence-corrected chi connectivity index (χ1v) is 7.38. The molecular formula is C17H16N2O5. The van der Waals surface area contributed by atoms with E-state index >= 15 is 0 Å². The topological polar surface area (TPSA) is 79.5 Å². The van der Waals surface area contributed by atoms with Gasteiger partial charge in [-0.05, 0) is 24.3 Å². The van der Waals surface area contributed by atoms with Crippen molar-refractivity contribution < 1.29 is 14.3 Å². The minimum absolute atomic E-state index is 0.140. The number of carbonyl (C=O) groups excluding carboxylic acids is 1. The zero-order chi connectivity index (χ0) is 17.3. The van der Waals surface area contributed by atoms with E-state index in [-0.39, 0.29) is 17.7 Å². The van der Waals surface area contributed by atoms with Gasteiger partial charge < -0.3 is 9.47 Å². The third-order valence-corrected chi connectivity index (χ3v) is 3.85. The molecule has 0 N–H and O–H groups in total. The van der Waals surface area contributed by atoms with Crippen LogP contribution in [0.1, 0.15) is 16.1 Å². The molecule has 2 aliphatic rings. The fourth-order valence-electron chi connectivity index (χ4n) is 2.43. The first kappa shape index (κ1) is 15.8. The highest BCUT2D eigenvalue weighted by atomic mass is 16.5. The van der Waals surface area contributed by atoms with Crippen LogP contribution in [0.3, 0.4) is 0 Å². The summed E-state index contributed by atoms with van der Waals surface area (Å²) in [7, 11) is 2.88. The molecule has 0 radical (unpaired) electrons. The molecule has 1 aromatic carbocycles. The van der Waals surface area contributed by atoms with Crippen molar-refractivity contribution >= 4 is 5.97 Å². The number of fused-ring (bicyclic) bond motifs is 6. The second kappa shape index (κ2) is 6.19. The van der Waals surface area contributed by atoms with Crippen LogP contribution in [0.4, 0.5) is 0 Å². The molecule has 124 valence electrons. The van der Waals surface area contributed by atoms with Crippen LogP contribution in [0, 0.1) is 0 Å². The fourth-order valence-corrected chi connectivity index (χ4v) is 2.43. The van der Waals surface area contributed by atoms with Crippen molar-refractivity contribution in [2.24, 2.45) is 14.1 Å². The minimum Gasteiger partial charge on any atom is -0.490 e. The highest BCUT2D eigenvalue weighted by Crippen LogP contribution is 2.17. The molecule has 2 aromatic rings. The Morgan fingerprint density at radius 2 is 1.67 bits per heavy atom. The first-order valence-electron chi connectivity index (χ1n) is 7.38. The number of esters is 1. The van der Waals surface area contributed by atoms with Gasteiger partial charge in [-0.15, -0.1) is 0 Å². The molecule has 0 spiro atoms. The first-order chi connectivity index (χ1) is 11.5. The fraction of sp³-hybridized carbons (Fsp3) is 0.235. The van der Waals surface area contributed by atoms with Crippen LogP contribution >= 0.6 is 0 Å². The van der Waals surface area contributed by atoms with E-state index in [1.165, 1.54) is 18.7 Å². The van der Waals surface area contributed by atoms with E-state index in [0.717, 1.165) is 4.57 Å². The normalized spacial score (nSPS) is 15.3. The average Bonchev–Trinajstić information content (AvgIpc) is 2.61. The molecule has 0 aliphatic carbocycles. The molecule has 0 atom stereocenters. The molecule has 4 rings (SSSR count). The second-order valence-corrected chi connectivity index (χ2v) is 5.38. The quantitative estimate of drug-likeness (QED) is 0.528. The summed E-state index contributed by atoms with van der Waals surface area (Å²) in [6.45, 7) is 0.336. The van der Waals surface area contributed by atoms with E-state index in [1.807, 2.05) is 0 Å². The van der Waals surface area contributed by atoms with Gasteiger partial charge in [-0.1, -0.05) is 12.2 Å². The Hall–Kier alpha value is -3.09. The SMILES string of the molecule is Cn1c2c(c(=O)n(C)c1=O)OC(=O)c1ccc(cc1)OC/C=C\C2. The van der Waals surface area contributed by atoms with Crippen LogP contribution < -0.4 is 20.7 Å². The lowest BCUT2D eigenvalue weighted by atomic mass is 10.2. The molecule has 2 aliphatic heterocycles. The Balaban J connectivity index is 2.18. The maximum Gasteiger partial charge on any atom is 0.343 e. The van der Waals surface area contributed by atoms with E-state index in [4.69, 9.17) is 9.47 Å². The van der Waals surface area contributed by atoms with Gasteiger partial charge >= 0.3 is 11.7 Å². The number of rotatable bonds is 0. The lowest BCUT2D eigenvalue weighted by molar-refractivity contribution is 0.0728.